The summed E-state index contributed by atoms with van der Waals surface area (Å²) in [6.07, 6.45) is 3.98. The Labute approximate surface area is 113 Å². The predicted molar refractivity (Wildman–Crippen MR) is 77.9 cm³/mol. The Bertz CT molecular complexity index is 356. The van der Waals surface area contributed by atoms with Crippen LogP contribution in [0, 0.1) is 0 Å². The monoisotopic (exact) mass is 269 g/mol. The Morgan fingerprint density at radius 2 is 2.18 bits per heavy atom. The molecule has 0 saturated heterocycles. The number of halogens is 1. The fraction of sp³-hybridized carbons (Fsp3) is 0.571. The first kappa shape index (κ1) is 13.3. The molecule has 1 saturated carbocycles. The van der Waals surface area contributed by atoms with Gasteiger partial charge in [-0.2, -0.15) is 11.8 Å². The normalized spacial score (nSPS) is 24.1. The minimum absolute atomic E-state index is 0.676. The van der Waals surface area contributed by atoms with Crippen LogP contribution in [-0.4, -0.2) is 17.0 Å². The van der Waals surface area contributed by atoms with Gasteiger partial charge >= 0.3 is 0 Å². The van der Waals surface area contributed by atoms with Crippen molar-refractivity contribution in [3.8, 4) is 0 Å². The molecule has 0 amide bonds. The number of nitrogens with one attached hydrogen (secondary N) is 1. The average Bonchev–Trinajstić information content (AvgIpc) is 2.76. The van der Waals surface area contributed by atoms with Gasteiger partial charge in [-0.1, -0.05) is 36.7 Å². The Kier molecular flexibility index (Phi) is 5.20. The van der Waals surface area contributed by atoms with Crippen molar-refractivity contribution in [3.05, 3.63) is 34.9 Å². The van der Waals surface area contributed by atoms with Crippen LogP contribution in [0.3, 0.4) is 0 Å². The van der Waals surface area contributed by atoms with Gasteiger partial charge in [-0.15, -0.1) is 0 Å². The van der Waals surface area contributed by atoms with Gasteiger partial charge in [0.05, 0.1) is 0 Å². The van der Waals surface area contributed by atoms with Gasteiger partial charge in [0, 0.05) is 22.9 Å². The van der Waals surface area contributed by atoms with Crippen LogP contribution in [0.25, 0.3) is 0 Å². The summed E-state index contributed by atoms with van der Waals surface area (Å²) < 4.78 is 0. The molecule has 94 valence electrons. The summed E-state index contributed by atoms with van der Waals surface area (Å²) in [7, 11) is 0. The van der Waals surface area contributed by atoms with Gasteiger partial charge in [0.2, 0.25) is 0 Å². The molecule has 1 aromatic carbocycles. The minimum atomic E-state index is 0.676. The molecule has 0 aromatic heterocycles. The quantitative estimate of drug-likeness (QED) is 0.864. The van der Waals surface area contributed by atoms with E-state index in [4.69, 9.17) is 11.6 Å². The summed E-state index contributed by atoms with van der Waals surface area (Å²) in [6.45, 7) is 3.14. The molecule has 0 bridgehead atoms. The lowest BCUT2D eigenvalue weighted by atomic mass is 10.2. The lowest BCUT2D eigenvalue weighted by Crippen LogP contribution is -2.26. The van der Waals surface area contributed by atoms with Crippen LogP contribution in [0.15, 0.2) is 24.3 Å². The van der Waals surface area contributed by atoms with Crippen molar-refractivity contribution in [1.82, 2.24) is 5.32 Å². The van der Waals surface area contributed by atoms with Gasteiger partial charge in [0.15, 0.2) is 0 Å². The highest BCUT2D eigenvalue weighted by molar-refractivity contribution is 7.99. The second kappa shape index (κ2) is 6.67. The summed E-state index contributed by atoms with van der Waals surface area (Å²) in [5.41, 5.74) is 1.21. The first-order valence-electron chi connectivity index (χ1n) is 6.38. The summed E-state index contributed by atoms with van der Waals surface area (Å²) in [4.78, 5) is 0. The highest BCUT2D eigenvalue weighted by Crippen LogP contribution is 2.30. The molecule has 1 aliphatic carbocycles. The van der Waals surface area contributed by atoms with Crippen molar-refractivity contribution >= 4 is 23.4 Å². The Hall–Kier alpha value is -0.180. The molecule has 0 radical (unpaired) electrons. The fourth-order valence-electron chi connectivity index (χ4n) is 2.41. The van der Waals surface area contributed by atoms with Crippen molar-refractivity contribution in [2.24, 2.45) is 0 Å². The molecule has 2 unspecified atom stereocenters. The molecule has 1 nitrogen and oxygen atoms in total. The number of hydrogen-bond donors (Lipinski definition) is 1. The van der Waals surface area contributed by atoms with Gasteiger partial charge in [0.1, 0.15) is 0 Å². The van der Waals surface area contributed by atoms with Crippen LogP contribution in [0.5, 0.6) is 0 Å². The molecule has 0 aliphatic heterocycles. The standard InChI is InChI=1S/C14H20ClNS/c1-2-17-13-8-7-12(9-13)16-10-11-5-3-4-6-14(11)15/h3-6,12-13,16H,2,7-10H2,1H3. The largest absolute Gasteiger partial charge is 0.310 e. The van der Waals surface area contributed by atoms with Crippen LogP contribution in [0.2, 0.25) is 5.02 Å². The number of benzene rings is 1. The van der Waals surface area contributed by atoms with Gasteiger partial charge < -0.3 is 5.32 Å². The van der Waals surface area contributed by atoms with Crippen LogP contribution in [-0.2, 0) is 6.54 Å². The predicted octanol–water partition coefficient (Wildman–Crippen LogP) is 4.10. The molecule has 1 N–H and O–H groups in total. The topological polar surface area (TPSA) is 12.0 Å². The van der Waals surface area contributed by atoms with E-state index >= 15 is 0 Å². The van der Waals surface area contributed by atoms with Crippen molar-refractivity contribution in [2.75, 3.05) is 5.75 Å². The number of rotatable bonds is 5. The van der Waals surface area contributed by atoms with E-state index < -0.39 is 0 Å². The van der Waals surface area contributed by atoms with Crippen molar-refractivity contribution in [1.29, 1.82) is 0 Å². The van der Waals surface area contributed by atoms with Gasteiger partial charge in [-0.25, -0.2) is 0 Å². The maximum Gasteiger partial charge on any atom is 0.0450 e. The second-order valence-electron chi connectivity index (χ2n) is 4.56. The minimum Gasteiger partial charge on any atom is -0.310 e. The van der Waals surface area contributed by atoms with Crippen LogP contribution in [0.1, 0.15) is 31.7 Å². The smallest absolute Gasteiger partial charge is 0.0450 e. The van der Waals surface area contributed by atoms with Crippen LogP contribution >= 0.6 is 23.4 Å². The van der Waals surface area contributed by atoms with E-state index in [0.717, 1.165) is 16.8 Å². The molecule has 17 heavy (non-hydrogen) atoms. The van der Waals surface area contributed by atoms with Gasteiger partial charge in [0.25, 0.3) is 0 Å². The average molecular weight is 270 g/mol. The lowest BCUT2D eigenvalue weighted by molar-refractivity contribution is 0.525. The third kappa shape index (κ3) is 3.90. The molecule has 1 aliphatic rings. The Morgan fingerprint density at radius 1 is 1.35 bits per heavy atom. The maximum absolute atomic E-state index is 6.14. The van der Waals surface area contributed by atoms with Crippen LogP contribution < -0.4 is 5.32 Å². The molecule has 3 heteroatoms. The molecule has 0 heterocycles. The van der Waals surface area contributed by atoms with E-state index in [9.17, 15) is 0 Å². The highest BCUT2D eigenvalue weighted by atomic mass is 35.5. The van der Waals surface area contributed by atoms with E-state index in [-0.39, 0.29) is 0 Å². The highest BCUT2D eigenvalue weighted by Gasteiger charge is 2.23. The van der Waals surface area contributed by atoms with Gasteiger partial charge in [-0.05, 0) is 36.6 Å². The molecule has 2 atom stereocenters. The molecule has 1 aromatic rings. The molecular formula is C14H20ClNS. The molecular weight excluding hydrogens is 250 g/mol. The summed E-state index contributed by atoms with van der Waals surface area (Å²) in [5.74, 6) is 1.24. The SMILES string of the molecule is CCSC1CCC(NCc2ccccc2Cl)C1. The van der Waals surface area contributed by atoms with E-state index in [1.54, 1.807) is 0 Å². The van der Waals surface area contributed by atoms with Gasteiger partial charge in [-0.3, -0.25) is 0 Å². The third-order valence-corrected chi connectivity index (χ3v) is 4.93. The van der Waals surface area contributed by atoms with E-state index in [2.05, 4.69) is 30.1 Å². The fourth-order valence-corrected chi connectivity index (χ4v) is 3.75. The summed E-state index contributed by atoms with van der Waals surface area (Å²) in [6, 6.07) is 8.77. The van der Waals surface area contributed by atoms with E-state index in [1.807, 2.05) is 18.2 Å². The van der Waals surface area contributed by atoms with Crippen LogP contribution in [0.4, 0.5) is 0 Å². The second-order valence-corrected chi connectivity index (χ2v) is 6.54. The lowest BCUT2D eigenvalue weighted by Gasteiger charge is -2.13. The zero-order chi connectivity index (χ0) is 12.1. The zero-order valence-corrected chi connectivity index (χ0v) is 11.9. The molecule has 2 rings (SSSR count). The first-order valence-corrected chi connectivity index (χ1v) is 7.80. The third-order valence-electron chi connectivity index (χ3n) is 3.33. The Balaban J connectivity index is 1.78. The van der Waals surface area contributed by atoms with Crippen molar-refractivity contribution in [3.63, 3.8) is 0 Å². The first-order chi connectivity index (χ1) is 8.29. The van der Waals surface area contributed by atoms with Crippen molar-refractivity contribution < 1.29 is 0 Å². The van der Waals surface area contributed by atoms with E-state index in [0.29, 0.717) is 6.04 Å². The van der Waals surface area contributed by atoms with E-state index in [1.165, 1.54) is 30.6 Å². The zero-order valence-electron chi connectivity index (χ0n) is 10.3. The number of hydrogen-bond acceptors (Lipinski definition) is 2. The number of thioether (sulfide) groups is 1. The molecule has 0 spiro atoms. The summed E-state index contributed by atoms with van der Waals surface area (Å²) >= 11 is 8.25. The Morgan fingerprint density at radius 3 is 2.94 bits per heavy atom. The van der Waals surface area contributed by atoms with Crippen molar-refractivity contribution in [2.45, 2.75) is 44.0 Å². The maximum atomic E-state index is 6.14. The summed E-state index contributed by atoms with van der Waals surface area (Å²) in [5, 5.41) is 5.37. The molecule has 1 fully saturated rings.